The van der Waals surface area contributed by atoms with Crippen molar-refractivity contribution in [3.63, 3.8) is 0 Å². The summed E-state index contributed by atoms with van der Waals surface area (Å²) in [7, 11) is 0. The predicted molar refractivity (Wildman–Crippen MR) is 97.4 cm³/mol. The van der Waals surface area contributed by atoms with Crippen molar-refractivity contribution in [2.75, 3.05) is 26.2 Å². The molecular formula is C19H18ClN3O3. The highest BCUT2D eigenvalue weighted by Crippen LogP contribution is 2.28. The predicted octanol–water partition coefficient (Wildman–Crippen LogP) is 2.94. The van der Waals surface area contributed by atoms with Gasteiger partial charge in [0.25, 0.3) is 0 Å². The van der Waals surface area contributed by atoms with Crippen molar-refractivity contribution in [1.82, 2.24) is 15.2 Å². The van der Waals surface area contributed by atoms with Crippen molar-refractivity contribution in [3.8, 4) is 11.5 Å². The Hall–Kier alpha value is -2.44. The van der Waals surface area contributed by atoms with Crippen molar-refractivity contribution in [1.29, 1.82) is 0 Å². The van der Waals surface area contributed by atoms with Crippen LogP contribution in [-0.4, -0.2) is 47.6 Å². The summed E-state index contributed by atoms with van der Waals surface area (Å²) in [5, 5.41) is 3.59. The number of carbonyl (C=O) groups is 2. The van der Waals surface area contributed by atoms with E-state index in [4.69, 9.17) is 16.0 Å². The van der Waals surface area contributed by atoms with Crippen LogP contribution in [0.1, 0.15) is 33.9 Å². The number of hydrogen-bond acceptors (Lipinski definition) is 6. The largest absolute Gasteiger partial charge is 0.432 e. The van der Waals surface area contributed by atoms with Crippen LogP contribution in [0.5, 0.6) is 0 Å². The second-order valence-corrected chi connectivity index (χ2v) is 6.87. The standard InChI is InChI=1S/C19H18ClN3O3/c20-13-5-3-4-12(10-13)19-22-16-15(24)11-14(17(25)18(16)26-19)21-6-9-23-7-1-2-8-23/h3-5,10-11,21H,1-2,6-9H2. The smallest absolute Gasteiger partial charge is 0.246 e. The van der Waals surface area contributed by atoms with Crippen molar-refractivity contribution in [2.24, 2.45) is 0 Å². The lowest BCUT2D eigenvalue weighted by Gasteiger charge is -2.17. The molecule has 4 rings (SSSR count). The Morgan fingerprint density at radius 3 is 2.81 bits per heavy atom. The van der Waals surface area contributed by atoms with Crippen LogP contribution in [0.3, 0.4) is 0 Å². The number of halogens is 1. The maximum atomic E-state index is 12.6. The zero-order valence-corrected chi connectivity index (χ0v) is 14.9. The van der Waals surface area contributed by atoms with Gasteiger partial charge >= 0.3 is 0 Å². The molecular weight excluding hydrogens is 354 g/mol. The summed E-state index contributed by atoms with van der Waals surface area (Å²) < 4.78 is 5.61. The fourth-order valence-corrected chi connectivity index (χ4v) is 3.45. The van der Waals surface area contributed by atoms with Gasteiger partial charge in [0.05, 0.1) is 5.70 Å². The molecule has 2 aliphatic rings. The number of rotatable bonds is 5. The molecule has 1 fully saturated rings. The van der Waals surface area contributed by atoms with E-state index in [1.165, 1.54) is 18.9 Å². The first-order valence-electron chi connectivity index (χ1n) is 8.65. The van der Waals surface area contributed by atoms with Gasteiger partial charge in [-0.25, -0.2) is 4.98 Å². The molecule has 1 aliphatic heterocycles. The van der Waals surface area contributed by atoms with Gasteiger partial charge in [0.2, 0.25) is 23.2 Å². The fourth-order valence-electron chi connectivity index (χ4n) is 3.26. The number of Topliss-reactive ketones (excluding diaryl/α,β-unsaturated/α-hetero) is 1. The van der Waals surface area contributed by atoms with Crippen molar-refractivity contribution >= 4 is 23.2 Å². The molecule has 1 aliphatic carbocycles. The molecule has 0 bridgehead atoms. The summed E-state index contributed by atoms with van der Waals surface area (Å²) in [5.41, 5.74) is 0.932. The van der Waals surface area contributed by atoms with Crippen LogP contribution in [0.25, 0.3) is 11.5 Å². The van der Waals surface area contributed by atoms with Crippen LogP contribution in [0.15, 0.2) is 40.5 Å². The normalized spacial score (nSPS) is 17.3. The minimum Gasteiger partial charge on any atom is -0.432 e. The summed E-state index contributed by atoms with van der Waals surface area (Å²) in [4.78, 5) is 31.5. The maximum absolute atomic E-state index is 12.6. The number of benzene rings is 1. The van der Waals surface area contributed by atoms with E-state index in [0.717, 1.165) is 19.6 Å². The van der Waals surface area contributed by atoms with Crippen molar-refractivity contribution < 1.29 is 14.0 Å². The Labute approximate surface area is 155 Å². The number of fused-ring (bicyclic) bond motifs is 1. The molecule has 0 atom stereocenters. The molecule has 1 aromatic heterocycles. The number of carbonyl (C=O) groups excluding carboxylic acids is 2. The number of nitrogens with zero attached hydrogens (tertiary/aromatic N) is 2. The minimum absolute atomic E-state index is 0.0175. The zero-order chi connectivity index (χ0) is 18.1. The van der Waals surface area contributed by atoms with Crippen molar-refractivity contribution in [2.45, 2.75) is 12.8 Å². The Balaban J connectivity index is 1.51. The lowest BCUT2D eigenvalue weighted by molar-refractivity contribution is 0.0956. The monoisotopic (exact) mass is 371 g/mol. The molecule has 2 heterocycles. The Morgan fingerprint density at radius 2 is 2.04 bits per heavy atom. The lowest BCUT2D eigenvalue weighted by Crippen LogP contribution is -2.33. The molecule has 0 saturated carbocycles. The number of oxazole rings is 1. The van der Waals surface area contributed by atoms with E-state index in [9.17, 15) is 9.59 Å². The lowest BCUT2D eigenvalue weighted by atomic mass is 10.0. The van der Waals surface area contributed by atoms with Crippen LogP contribution in [0, 0.1) is 0 Å². The van der Waals surface area contributed by atoms with Gasteiger partial charge in [0.1, 0.15) is 0 Å². The molecule has 0 radical (unpaired) electrons. The average Bonchev–Trinajstić information content (AvgIpc) is 3.29. The van der Waals surface area contributed by atoms with Gasteiger partial charge < -0.3 is 14.6 Å². The van der Waals surface area contributed by atoms with Gasteiger partial charge in [-0.15, -0.1) is 0 Å². The summed E-state index contributed by atoms with van der Waals surface area (Å²) in [5.74, 6) is -0.482. The van der Waals surface area contributed by atoms with Gasteiger partial charge in [-0.05, 0) is 44.1 Å². The van der Waals surface area contributed by atoms with Crippen LogP contribution in [0.4, 0.5) is 0 Å². The molecule has 2 aromatic rings. The van der Waals surface area contributed by atoms with E-state index < -0.39 is 0 Å². The third kappa shape index (κ3) is 3.30. The first-order chi connectivity index (χ1) is 12.6. The fraction of sp³-hybridized carbons (Fsp3) is 0.316. The van der Waals surface area contributed by atoms with E-state index in [2.05, 4.69) is 15.2 Å². The maximum Gasteiger partial charge on any atom is 0.246 e. The molecule has 0 amide bonds. The van der Waals surface area contributed by atoms with Crippen LogP contribution < -0.4 is 5.32 Å². The number of ketones is 2. The van der Waals surface area contributed by atoms with Crippen molar-refractivity contribution in [3.05, 3.63) is 52.5 Å². The SMILES string of the molecule is O=C1C=C(NCCN2CCCC2)C(=O)c2oc(-c3cccc(Cl)c3)nc21. The number of allylic oxidation sites excluding steroid dienone is 2. The second-order valence-electron chi connectivity index (χ2n) is 6.43. The van der Waals surface area contributed by atoms with Gasteiger partial charge in [-0.3, -0.25) is 9.59 Å². The first-order valence-corrected chi connectivity index (χ1v) is 9.03. The molecule has 6 nitrogen and oxygen atoms in total. The van der Waals surface area contributed by atoms with E-state index in [-0.39, 0.29) is 34.6 Å². The third-order valence-corrected chi connectivity index (χ3v) is 4.84. The van der Waals surface area contributed by atoms with E-state index in [1.807, 2.05) is 0 Å². The molecule has 0 spiro atoms. The first kappa shape index (κ1) is 17.0. The van der Waals surface area contributed by atoms with Gasteiger partial charge in [-0.1, -0.05) is 17.7 Å². The summed E-state index contributed by atoms with van der Waals surface area (Å²) in [6, 6.07) is 6.93. The third-order valence-electron chi connectivity index (χ3n) is 4.60. The van der Waals surface area contributed by atoms with E-state index >= 15 is 0 Å². The average molecular weight is 372 g/mol. The highest BCUT2D eigenvalue weighted by molar-refractivity contribution is 6.30. The van der Waals surface area contributed by atoms with Gasteiger partial charge in [0, 0.05) is 29.8 Å². The summed E-state index contributed by atoms with van der Waals surface area (Å²) in [6.45, 7) is 3.62. The molecule has 0 unspecified atom stereocenters. The van der Waals surface area contributed by atoms with Crippen LogP contribution >= 0.6 is 11.6 Å². The highest BCUT2D eigenvalue weighted by Gasteiger charge is 2.32. The summed E-state index contributed by atoms with van der Waals surface area (Å²) in [6.07, 6.45) is 3.74. The Bertz CT molecular complexity index is 897. The quantitative estimate of drug-likeness (QED) is 0.870. The second kappa shape index (κ2) is 7.05. The molecule has 26 heavy (non-hydrogen) atoms. The number of nitrogens with one attached hydrogen (secondary N) is 1. The molecule has 1 saturated heterocycles. The molecule has 1 N–H and O–H groups in total. The highest BCUT2D eigenvalue weighted by atomic mass is 35.5. The van der Waals surface area contributed by atoms with Gasteiger partial charge in [-0.2, -0.15) is 0 Å². The number of likely N-dealkylation sites (tertiary alicyclic amines) is 1. The Kier molecular flexibility index (Phi) is 4.61. The van der Waals surface area contributed by atoms with Crippen LogP contribution in [0.2, 0.25) is 5.02 Å². The molecule has 134 valence electrons. The van der Waals surface area contributed by atoms with E-state index in [0.29, 0.717) is 17.1 Å². The molecule has 1 aromatic carbocycles. The molecule has 7 heteroatoms. The Morgan fingerprint density at radius 1 is 1.23 bits per heavy atom. The van der Waals surface area contributed by atoms with Crippen LogP contribution in [-0.2, 0) is 0 Å². The topological polar surface area (TPSA) is 75.4 Å². The zero-order valence-electron chi connectivity index (χ0n) is 14.1. The van der Waals surface area contributed by atoms with E-state index in [1.54, 1.807) is 24.3 Å². The van der Waals surface area contributed by atoms with Gasteiger partial charge in [0.15, 0.2) is 5.69 Å². The minimum atomic E-state index is -0.346. The number of aromatic nitrogens is 1. The summed E-state index contributed by atoms with van der Waals surface area (Å²) >= 11 is 5.99. The number of hydrogen-bond donors (Lipinski definition) is 1.